The number of nitrogens with zero attached hydrogens (tertiary/aromatic N) is 3. The molecule has 2 heterocycles. The first-order chi connectivity index (χ1) is 14.5. The highest BCUT2D eigenvalue weighted by molar-refractivity contribution is 7.18. The Bertz CT molecular complexity index is 1140. The van der Waals surface area contributed by atoms with E-state index in [4.69, 9.17) is 4.74 Å². The third-order valence-corrected chi connectivity index (χ3v) is 6.07. The number of aromatic nitrogens is 1. The van der Waals surface area contributed by atoms with Gasteiger partial charge in [-0.1, -0.05) is 41.7 Å². The Balaban J connectivity index is 1.52. The zero-order valence-corrected chi connectivity index (χ0v) is 18.3. The molecule has 1 aliphatic heterocycles. The quantitative estimate of drug-likeness (QED) is 0.474. The maximum atomic E-state index is 9.82. The maximum absolute atomic E-state index is 9.82. The summed E-state index contributed by atoms with van der Waals surface area (Å²) in [6.07, 6.45) is 10.1. The Kier molecular flexibility index (Phi) is 5.88. The van der Waals surface area contributed by atoms with Crippen molar-refractivity contribution in [2.45, 2.75) is 6.54 Å². The van der Waals surface area contributed by atoms with E-state index in [1.165, 1.54) is 0 Å². The Labute approximate surface area is 181 Å². The fourth-order valence-corrected chi connectivity index (χ4v) is 4.49. The lowest BCUT2D eigenvalue weighted by atomic mass is 10.3. The first-order valence-corrected chi connectivity index (χ1v) is 10.7. The van der Waals surface area contributed by atoms with E-state index < -0.39 is 0 Å². The highest BCUT2D eigenvalue weighted by Gasteiger charge is 2.21. The molecule has 0 bridgehead atoms. The van der Waals surface area contributed by atoms with E-state index in [1.807, 2.05) is 72.6 Å². The second kappa shape index (κ2) is 8.73. The van der Waals surface area contributed by atoms with E-state index >= 15 is 0 Å². The molecule has 154 valence electrons. The number of likely N-dealkylation sites (N-methyl/N-ethyl adjacent to an activating group) is 1. The summed E-state index contributed by atoms with van der Waals surface area (Å²) < 4.78 is 9.27. The van der Waals surface area contributed by atoms with E-state index in [9.17, 15) is 5.11 Å². The minimum Gasteiger partial charge on any atom is -0.508 e. The van der Waals surface area contributed by atoms with Crippen molar-refractivity contribution in [1.82, 2.24) is 4.90 Å². The number of allylic oxidation sites excluding steroid dienone is 4. The number of ether oxygens (including phenoxy) is 1. The van der Waals surface area contributed by atoms with Crippen molar-refractivity contribution in [3.63, 3.8) is 0 Å². The third kappa shape index (κ3) is 4.25. The fourth-order valence-electron chi connectivity index (χ4n) is 3.35. The minimum absolute atomic E-state index is 0.298. The van der Waals surface area contributed by atoms with Crippen LogP contribution in [0.3, 0.4) is 0 Å². The lowest BCUT2D eigenvalue weighted by molar-refractivity contribution is -0.668. The fraction of sp³-hybridized carbons (Fsp3) is 0.208. The number of phenolic OH excluding ortho intramolecular Hbond substituents is 1. The van der Waals surface area contributed by atoms with Crippen molar-refractivity contribution in [2.75, 3.05) is 32.6 Å². The molecule has 0 atom stereocenters. The molecule has 6 heteroatoms. The van der Waals surface area contributed by atoms with Gasteiger partial charge in [0, 0.05) is 25.3 Å². The largest absolute Gasteiger partial charge is 0.508 e. The van der Waals surface area contributed by atoms with Crippen LogP contribution in [0.5, 0.6) is 11.5 Å². The lowest BCUT2D eigenvalue weighted by Gasteiger charge is -2.09. The summed E-state index contributed by atoms with van der Waals surface area (Å²) in [4.78, 5) is 4.21. The standard InChI is InChI=1S/C24H25N3O2S/c1-25(2)15-16-27-20-14-13-18(28)17-22(20)30-24(27)12-6-4-5-11-23-26(3)19-9-7-8-10-21(19)29-23/h4-14,17H,15-16H2,1-3H3/p+1. The lowest BCUT2D eigenvalue weighted by Crippen LogP contribution is -2.39. The Hall–Kier alpha value is -3.09. The summed E-state index contributed by atoms with van der Waals surface area (Å²) in [5.41, 5.74) is 2.22. The molecule has 3 aromatic rings. The second-order valence-electron chi connectivity index (χ2n) is 7.42. The van der Waals surface area contributed by atoms with Crippen LogP contribution in [0.15, 0.2) is 72.7 Å². The predicted octanol–water partition coefficient (Wildman–Crippen LogP) is 4.40. The van der Waals surface area contributed by atoms with Crippen LogP contribution in [0.1, 0.15) is 5.01 Å². The number of rotatable bonds is 6. The van der Waals surface area contributed by atoms with Crippen LogP contribution >= 0.6 is 11.3 Å². The topological polar surface area (TPSA) is 39.8 Å². The summed E-state index contributed by atoms with van der Waals surface area (Å²) in [5, 5.41) is 11.0. The summed E-state index contributed by atoms with van der Waals surface area (Å²) in [6.45, 7) is 1.84. The first-order valence-electron chi connectivity index (χ1n) is 9.88. The van der Waals surface area contributed by atoms with E-state index in [-0.39, 0.29) is 0 Å². The third-order valence-electron chi connectivity index (χ3n) is 4.96. The normalized spacial score (nSPS) is 15.2. The maximum Gasteiger partial charge on any atom is 0.262 e. The van der Waals surface area contributed by atoms with Crippen molar-refractivity contribution < 1.29 is 14.4 Å². The van der Waals surface area contributed by atoms with Crippen LogP contribution in [-0.4, -0.2) is 37.7 Å². The van der Waals surface area contributed by atoms with Gasteiger partial charge in [-0.2, -0.15) is 4.57 Å². The van der Waals surface area contributed by atoms with Gasteiger partial charge in [0.1, 0.15) is 10.4 Å². The van der Waals surface area contributed by atoms with Gasteiger partial charge in [-0.25, -0.2) is 0 Å². The number of hydrogen-bond donors (Lipinski definition) is 1. The molecule has 0 saturated heterocycles. The summed E-state index contributed by atoms with van der Waals surface area (Å²) in [6, 6.07) is 13.6. The zero-order chi connectivity index (χ0) is 21.1. The highest BCUT2D eigenvalue weighted by Crippen LogP contribution is 2.37. The summed E-state index contributed by atoms with van der Waals surface area (Å²) in [5.74, 6) is 1.98. The molecule has 0 spiro atoms. The van der Waals surface area contributed by atoms with Gasteiger partial charge in [0.15, 0.2) is 18.2 Å². The number of benzene rings is 2. The van der Waals surface area contributed by atoms with Gasteiger partial charge in [0.2, 0.25) is 5.52 Å². The molecule has 0 saturated carbocycles. The molecule has 1 aromatic heterocycles. The van der Waals surface area contributed by atoms with Gasteiger partial charge >= 0.3 is 0 Å². The van der Waals surface area contributed by atoms with Crippen molar-refractivity contribution >= 4 is 33.3 Å². The van der Waals surface area contributed by atoms with Gasteiger partial charge in [-0.05, 0) is 38.4 Å². The smallest absolute Gasteiger partial charge is 0.262 e. The summed E-state index contributed by atoms with van der Waals surface area (Å²) in [7, 11) is 6.15. The molecule has 30 heavy (non-hydrogen) atoms. The molecule has 5 nitrogen and oxygen atoms in total. The Morgan fingerprint density at radius 3 is 2.77 bits per heavy atom. The van der Waals surface area contributed by atoms with Gasteiger partial charge in [-0.15, -0.1) is 0 Å². The number of aromatic hydroxyl groups is 1. The Morgan fingerprint density at radius 1 is 1.13 bits per heavy atom. The average Bonchev–Trinajstić information content (AvgIpc) is 3.23. The van der Waals surface area contributed by atoms with Crippen LogP contribution in [0.4, 0.5) is 5.69 Å². The minimum atomic E-state index is 0.298. The molecule has 0 aliphatic carbocycles. The number of fused-ring (bicyclic) bond motifs is 2. The van der Waals surface area contributed by atoms with Crippen molar-refractivity contribution in [3.8, 4) is 11.5 Å². The number of para-hydroxylation sites is 2. The molecular weight excluding hydrogens is 394 g/mol. The van der Waals surface area contributed by atoms with Crippen LogP contribution in [0.2, 0.25) is 0 Å². The van der Waals surface area contributed by atoms with Crippen molar-refractivity contribution in [1.29, 1.82) is 0 Å². The molecule has 0 unspecified atom stereocenters. The summed E-state index contributed by atoms with van der Waals surface area (Å²) >= 11 is 1.68. The average molecular weight is 421 g/mol. The predicted molar refractivity (Wildman–Crippen MR) is 124 cm³/mol. The molecule has 1 N–H and O–H groups in total. The van der Waals surface area contributed by atoms with Crippen LogP contribution in [-0.2, 0) is 6.54 Å². The molecule has 0 radical (unpaired) electrons. The van der Waals surface area contributed by atoms with Crippen LogP contribution in [0.25, 0.3) is 16.3 Å². The van der Waals surface area contributed by atoms with Crippen LogP contribution in [0, 0.1) is 0 Å². The Morgan fingerprint density at radius 2 is 1.97 bits per heavy atom. The molecular formula is C24H26N3O2S+. The van der Waals surface area contributed by atoms with E-state index in [0.29, 0.717) is 5.75 Å². The number of hydrogen-bond acceptors (Lipinski definition) is 5. The SMILES string of the molecule is CN(C)CC[n+]1c(/C=C/C=C/C=C2\Oc3ccccc3N2C)sc2cc(O)ccc21. The van der Waals surface area contributed by atoms with Crippen LogP contribution < -0.4 is 14.2 Å². The highest BCUT2D eigenvalue weighted by atomic mass is 32.1. The number of phenols is 1. The van der Waals surface area contributed by atoms with Crippen molar-refractivity contribution in [3.05, 3.63) is 77.7 Å². The number of anilines is 1. The molecule has 4 rings (SSSR count). The van der Waals surface area contributed by atoms with E-state index in [2.05, 4.69) is 29.6 Å². The number of thiazole rings is 1. The molecule has 0 fully saturated rings. The molecule has 1 aliphatic rings. The zero-order valence-electron chi connectivity index (χ0n) is 17.4. The molecule has 0 amide bonds. The van der Waals surface area contributed by atoms with Crippen molar-refractivity contribution in [2.24, 2.45) is 0 Å². The van der Waals surface area contributed by atoms with Gasteiger partial charge < -0.3 is 19.6 Å². The van der Waals surface area contributed by atoms with Gasteiger partial charge in [-0.3, -0.25) is 0 Å². The monoisotopic (exact) mass is 420 g/mol. The first kappa shape index (κ1) is 20.2. The van der Waals surface area contributed by atoms with Gasteiger partial charge in [0.05, 0.1) is 12.2 Å². The molecule has 2 aromatic carbocycles. The second-order valence-corrected chi connectivity index (χ2v) is 8.49. The van der Waals surface area contributed by atoms with Gasteiger partial charge in [0.25, 0.3) is 5.01 Å². The van der Waals surface area contributed by atoms with E-state index in [1.54, 1.807) is 17.4 Å². The van der Waals surface area contributed by atoms with E-state index in [0.717, 1.165) is 45.6 Å².